The summed E-state index contributed by atoms with van der Waals surface area (Å²) in [5.41, 5.74) is 1.88. The van der Waals surface area contributed by atoms with E-state index in [4.69, 9.17) is 21.1 Å². The van der Waals surface area contributed by atoms with E-state index in [9.17, 15) is 9.18 Å². The molecule has 1 aliphatic heterocycles. The molecule has 0 radical (unpaired) electrons. The maximum atomic E-state index is 13.7. The first-order chi connectivity index (χ1) is 14.5. The molecule has 0 amide bonds. The van der Waals surface area contributed by atoms with Crippen molar-refractivity contribution in [3.63, 3.8) is 0 Å². The van der Waals surface area contributed by atoms with Crippen LogP contribution in [0.3, 0.4) is 0 Å². The van der Waals surface area contributed by atoms with Crippen LogP contribution >= 0.6 is 34.2 Å². The normalized spacial score (nSPS) is 14.6. The largest absolute Gasteiger partial charge is 0.489 e. The smallest absolute Gasteiger partial charge is 0.363 e. The molecule has 0 aromatic heterocycles. The second kappa shape index (κ2) is 8.97. The van der Waals surface area contributed by atoms with Crippen molar-refractivity contribution in [3.8, 4) is 5.75 Å². The van der Waals surface area contributed by atoms with E-state index in [1.165, 1.54) is 6.07 Å². The van der Waals surface area contributed by atoms with Crippen molar-refractivity contribution < 1.29 is 18.7 Å². The summed E-state index contributed by atoms with van der Waals surface area (Å²) in [6, 6.07) is 18.9. The molecule has 0 spiro atoms. The molecule has 4 rings (SSSR count). The second-order valence-electron chi connectivity index (χ2n) is 6.41. The number of rotatable bonds is 5. The fourth-order valence-electron chi connectivity index (χ4n) is 2.81. The van der Waals surface area contributed by atoms with Crippen molar-refractivity contribution >= 4 is 52.1 Å². The number of cyclic esters (lactones) is 1. The summed E-state index contributed by atoms with van der Waals surface area (Å²) in [6.07, 6.45) is 1.60. The van der Waals surface area contributed by atoms with E-state index in [-0.39, 0.29) is 24.0 Å². The lowest BCUT2D eigenvalue weighted by atomic mass is 10.2. The van der Waals surface area contributed by atoms with Gasteiger partial charge in [-0.15, -0.1) is 0 Å². The van der Waals surface area contributed by atoms with Crippen molar-refractivity contribution in [3.05, 3.63) is 104 Å². The molecule has 150 valence electrons. The summed E-state index contributed by atoms with van der Waals surface area (Å²) in [7, 11) is 0. The maximum Gasteiger partial charge on any atom is 0.363 e. The van der Waals surface area contributed by atoms with E-state index in [2.05, 4.69) is 27.6 Å². The van der Waals surface area contributed by atoms with Gasteiger partial charge in [-0.25, -0.2) is 14.2 Å². The molecule has 1 heterocycles. The predicted octanol–water partition coefficient (Wildman–Crippen LogP) is 6.01. The van der Waals surface area contributed by atoms with Crippen molar-refractivity contribution in [1.82, 2.24) is 0 Å². The molecule has 1 aliphatic rings. The van der Waals surface area contributed by atoms with Crippen molar-refractivity contribution in [2.24, 2.45) is 4.99 Å². The zero-order chi connectivity index (χ0) is 21.1. The monoisotopic (exact) mass is 533 g/mol. The fraction of sp³-hybridized carbons (Fsp3) is 0.0435. The third-order valence-electron chi connectivity index (χ3n) is 4.29. The first-order valence-corrected chi connectivity index (χ1v) is 10.4. The molecule has 7 heteroatoms. The highest BCUT2D eigenvalue weighted by Crippen LogP contribution is 2.26. The van der Waals surface area contributed by atoms with Gasteiger partial charge in [-0.05, 0) is 70.6 Å². The molecule has 0 saturated carbocycles. The number of aliphatic imine (C=N–C) groups is 1. The number of benzene rings is 3. The highest BCUT2D eigenvalue weighted by molar-refractivity contribution is 14.1. The highest BCUT2D eigenvalue weighted by Gasteiger charge is 2.25. The third-order valence-corrected chi connectivity index (χ3v) is 5.29. The molecule has 30 heavy (non-hydrogen) atoms. The number of carbonyl (C=O) groups is 1. The van der Waals surface area contributed by atoms with E-state index in [0.29, 0.717) is 27.5 Å². The summed E-state index contributed by atoms with van der Waals surface area (Å²) in [4.78, 5) is 16.6. The Morgan fingerprint density at radius 3 is 2.77 bits per heavy atom. The second-order valence-corrected chi connectivity index (χ2v) is 8.07. The molecule has 4 nitrogen and oxygen atoms in total. The molecule has 0 fully saturated rings. The van der Waals surface area contributed by atoms with Crippen molar-refractivity contribution in [1.29, 1.82) is 0 Å². The van der Waals surface area contributed by atoms with Crippen LogP contribution < -0.4 is 4.74 Å². The summed E-state index contributed by atoms with van der Waals surface area (Å²) in [5.74, 6) is -0.163. The van der Waals surface area contributed by atoms with Gasteiger partial charge in [0.15, 0.2) is 5.70 Å². The molecular formula is C23H14ClFINO3. The predicted molar refractivity (Wildman–Crippen MR) is 122 cm³/mol. The Morgan fingerprint density at radius 2 is 1.93 bits per heavy atom. The van der Waals surface area contributed by atoms with Crippen LogP contribution in [-0.2, 0) is 16.1 Å². The maximum absolute atomic E-state index is 13.7. The topological polar surface area (TPSA) is 47.9 Å². The van der Waals surface area contributed by atoms with Crippen LogP contribution in [-0.4, -0.2) is 11.9 Å². The zero-order valence-electron chi connectivity index (χ0n) is 15.4. The number of hydrogen-bond donors (Lipinski definition) is 0. The Kier molecular flexibility index (Phi) is 6.15. The highest BCUT2D eigenvalue weighted by atomic mass is 127. The van der Waals surface area contributed by atoms with Crippen LogP contribution in [0, 0.1) is 9.39 Å². The van der Waals surface area contributed by atoms with E-state index >= 15 is 0 Å². The minimum atomic E-state index is -0.558. The molecule has 0 atom stereocenters. The van der Waals surface area contributed by atoms with Crippen molar-refractivity contribution in [2.45, 2.75) is 6.61 Å². The number of ether oxygens (including phenoxy) is 2. The molecule has 0 saturated heterocycles. The minimum Gasteiger partial charge on any atom is -0.489 e. The van der Waals surface area contributed by atoms with Crippen LogP contribution in [0.25, 0.3) is 6.08 Å². The molecule has 3 aromatic carbocycles. The number of halogens is 3. The number of hydrogen-bond acceptors (Lipinski definition) is 4. The van der Waals surface area contributed by atoms with E-state index in [1.54, 1.807) is 54.6 Å². The van der Waals surface area contributed by atoms with E-state index in [1.807, 2.05) is 12.1 Å². The molecule has 0 aliphatic carbocycles. The Hall–Kier alpha value is -2.71. The lowest BCUT2D eigenvalue weighted by Crippen LogP contribution is -2.06. The van der Waals surface area contributed by atoms with Gasteiger partial charge < -0.3 is 9.47 Å². The number of nitrogens with zero attached hydrogens (tertiary/aromatic N) is 1. The number of esters is 1. The first-order valence-electron chi connectivity index (χ1n) is 8.94. The van der Waals surface area contributed by atoms with Gasteiger partial charge in [0.25, 0.3) is 0 Å². The van der Waals surface area contributed by atoms with Crippen LogP contribution in [0.5, 0.6) is 5.75 Å². The minimum absolute atomic E-state index is 0.0994. The first kappa shape index (κ1) is 20.6. The molecule has 0 bridgehead atoms. The lowest BCUT2D eigenvalue weighted by molar-refractivity contribution is -0.129. The quantitative estimate of drug-likeness (QED) is 0.229. The van der Waals surface area contributed by atoms with Gasteiger partial charge in [0.1, 0.15) is 18.2 Å². The lowest BCUT2D eigenvalue weighted by Gasteiger charge is -2.07. The van der Waals surface area contributed by atoms with Crippen LogP contribution in [0.15, 0.2) is 77.4 Å². The molecule has 0 unspecified atom stereocenters. The van der Waals surface area contributed by atoms with Gasteiger partial charge in [0.2, 0.25) is 5.90 Å². The Balaban J connectivity index is 1.55. The van der Waals surface area contributed by atoms with Crippen molar-refractivity contribution in [2.75, 3.05) is 0 Å². The van der Waals surface area contributed by atoms with Crippen LogP contribution in [0.2, 0.25) is 5.02 Å². The van der Waals surface area contributed by atoms with Gasteiger partial charge in [-0.3, -0.25) is 0 Å². The van der Waals surface area contributed by atoms with Crippen LogP contribution in [0.1, 0.15) is 16.7 Å². The summed E-state index contributed by atoms with van der Waals surface area (Å²) >= 11 is 8.36. The standard InChI is InChI=1S/C23H14ClFINO3/c24-19-9-8-16(26)12-18(19)22-27-21(23(28)30-22)11-14-4-3-6-17(10-14)29-13-15-5-1-2-7-20(15)25/h1-12H,13H2/b21-11-. The molecule has 0 N–H and O–H groups in total. The van der Waals surface area contributed by atoms with Gasteiger partial charge >= 0.3 is 5.97 Å². The summed E-state index contributed by atoms with van der Waals surface area (Å²) in [5, 5.41) is 0.451. The van der Waals surface area contributed by atoms with Gasteiger partial charge in [-0.2, -0.15) is 0 Å². The Labute approximate surface area is 191 Å². The van der Waals surface area contributed by atoms with E-state index in [0.717, 1.165) is 3.57 Å². The molecular weight excluding hydrogens is 520 g/mol. The fourth-order valence-corrected chi connectivity index (χ4v) is 3.50. The van der Waals surface area contributed by atoms with Gasteiger partial charge in [0.05, 0.1) is 10.6 Å². The average Bonchev–Trinajstić information content (AvgIpc) is 3.09. The SMILES string of the molecule is O=C1OC(c2cc(I)ccc2Cl)=N/C1=C\c1cccc(OCc2ccccc2F)c1. The Bertz CT molecular complexity index is 1190. The summed E-state index contributed by atoms with van der Waals surface area (Å²) in [6.45, 7) is 0.0994. The average molecular weight is 534 g/mol. The van der Waals surface area contributed by atoms with Crippen LogP contribution in [0.4, 0.5) is 4.39 Å². The van der Waals surface area contributed by atoms with Gasteiger partial charge in [-0.1, -0.05) is 41.9 Å². The van der Waals surface area contributed by atoms with Gasteiger partial charge in [0, 0.05) is 9.13 Å². The Morgan fingerprint density at radius 1 is 1.10 bits per heavy atom. The third kappa shape index (κ3) is 4.71. The zero-order valence-corrected chi connectivity index (χ0v) is 18.4. The van der Waals surface area contributed by atoms with E-state index < -0.39 is 5.97 Å². The molecule has 3 aromatic rings. The number of carbonyl (C=O) groups excluding carboxylic acids is 1. The summed E-state index contributed by atoms with van der Waals surface area (Å²) < 4.78 is 25.7.